The fourth-order valence-electron chi connectivity index (χ4n) is 5.99. The molecule has 0 bridgehead atoms. The number of halogens is 1. The number of carbonyl (C=O) groups excluding carboxylic acids is 4. The summed E-state index contributed by atoms with van der Waals surface area (Å²) < 4.78 is 27.9. The molecule has 0 aliphatic carbocycles. The number of urea groups is 1. The van der Waals surface area contributed by atoms with Crippen molar-refractivity contribution in [1.29, 1.82) is 0 Å². The van der Waals surface area contributed by atoms with Gasteiger partial charge in [0.05, 0.1) is 22.0 Å². The molecule has 0 saturated heterocycles. The molecular formula is C35H29ClN10O10S. The molecule has 22 heteroatoms. The molecule has 57 heavy (non-hydrogen) atoms. The number of aliphatic carboxylic acids is 1. The van der Waals surface area contributed by atoms with Crippen molar-refractivity contribution in [2.75, 3.05) is 15.5 Å². The Balaban J connectivity index is 1.17. The van der Waals surface area contributed by atoms with Crippen LogP contribution < -0.4 is 30.9 Å². The van der Waals surface area contributed by atoms with E-state index < -0.39 is 57.5 Å². The number of carboxylic acid groups (broad SMARTS) is 2. The van der Waals surface area contributed by atoms with Gasteiger partial charge in [-0.1, -0.05) is 60.1 Å². The van der Waals surface area contributed by atoms with Gasteiger partial charge in [-0.25, -0.2) is 32.4 Å². The second-order valence-corrected chi connectivity index (χ2v) is 14.3. The summed E-state index contributed by atoms with van der Waals surface area (Å²) in [5.74, 6) is -5.69. The monoisotopic (exact) mass is 816 g/mol. The van der Waals surface area contributed by atoms with E-state index in [4.69, 9.17) is 11.6 Å². The zero-order valence-electron chi connectivity index (χ0n) is 29.0. The number of amides is 6. The first-order chi connectivity index (χ1) is 27.2. The molecule has 0 spiro atoms. The molecule has 20 nitrogen and oxygen atoms in total. The second kappa shape index (κ2) is 16.1. The number of fused-ring (bicyclic) bond motifs is 1. The largest absolute Gasteiger partial charge is 0.478 e. The quantitative estimate of drug-likeness (QED) is 0.0946. The normalized spacial score (nSPS) is 15.8. The lowest BCUT2D eigenvalue weighted by Crippen LogP contribution is -2.71. The summed E-state index contributed by atoms with van der Waals surface area (Å²) in [7, 11) is -4.12. The van der Waals surface area contributed by atoms with Crippen LogP contribution in [0.2, 0.25) is 5.02 Å². The SMILES string of the molecule is O=C(CCc1ccc(NC(=O)NS(=O)(=O)c2ccccc2)cc1)NC1c2ccccc2N(C(=O)O)C1(NC(=O)C(=O)Nc1cc(Cl)ccc1-n1cnnn1)C(=O)O. The minimum absolute atomic E-state index is 0.00940. The number of tetrazole rings is 1. The predicted molar refractivity (Wildman–Crippen MR) is 200 cm³/mol. The number of anilines is 3. The van der Waals surface area contributed by atoms with Gasteiger partial charge in [-0.3, -0.25) is 14.4 Å². The number of carboxylic acids is 1. The molecular weight excluding hydrogens is 788 g/mol. The zero-order chi connectivity index (χ0) is 40.9. The molecule has 1 aromatic heterocycles. The van der Waals surface area contributed by atoms with Gasteiger partial charge < -0.3 is 31.5 Å². The van der Waals surface area contributed by atoms with E-state index in [0.717, 1.165) is 4.68 Å². The number of carbonyl (C=O) groups is 6. The number of aryl methyl sites for hydroxylation is 1. The van der Waals surface area contributed by atoms with E-state index in [1.165, 1.54) is 85.2 Å². The van der Waals surface area contributed by atoms with E-state index in [2.05, 4.69) is 36.8 Å². The number of hydrogen-bond donors (Lipinski definition) is 7. The Kier molecular flexibility index (Phi) is 11.1. The third-order valence-electron chi connectivity index (χ3n) is 8.53. The minimum atomic E-state index is -4.12. The van der Waals surface area contributed by atoms with E-state index >= 15 is 0 Å². The van der Waals surface area contributed by atoms with Crippen LogP contribution in [-0.2, 0) is 35.6 Å². The van der Waals surface area contributed by atoms with Crippen molar-refractivity contribution < 1.29 is 47.4 Å². The maximum Gasteiger partial charge on any atom is 0.414 e. The number of para-hydroxylation sites is 1. The number of nitrogens with zero attached hydrogens (tertiary/aromatic N) is 5. The van der Waals surface area contributed by atoms with Crippen LogP contribution in [0.4, 0.5) is 26.7 Å². The summed E-state index contributed by atoms with van der Waals surface area (Å²) >= 11 is 6.10. The molecule has 5 aromatic rings. The Morgan fingerprint density at radius 1 is 0.825 bits per heavy atom. The van der Waals surface area contributed by atoms with Gasteiger partial charge in [-0.05, 0) is 70.9 Å². The lowest BCUT2D eigenvalue weighted by Gasteiger charge is -2.37. The number of sulfonamides is 1. The highest BCUT2D eigenvalue weighted by atomic mass is 35.5. The van der Waals surface area contributed by atoms with Gasteiger partial charge in [-0.15, -0.1) is 5.10 Å². The number of nitrogens with one attached hydrogen (secondary N) is 5. The summed E-state index contributed by atoms with van der Waals surface area (Å²) in [5.41, 5.74) is -2.22. The summed E-state index contributed by atoms with van der Waals surface area (Å²) in [6.07, 6.45) is -0.828. The number of hydrogen-bond acceptors (Lipinski definition) is 11. The fraction of sp³-hybridized carbons (Fsp3) is 0.114. The Morgan fingerprint density at radius 3 is 2.19 bits per heavy atom. The average molecular weight is 817 g/mol. The van der Waals surface area contributed by atoms with E-state index in [-0.39, 0.29) is 51.1 Å². The molecule has 1 aliphatic heterocycles. The second-order valence-electron chi connectivity index (χ2n) is 12.1. The molecule has 2 unspecified atom stereocenters. The molecule has 0 saturated carbocycles. The molecule has 0 fully saturated rings. The van der Waals surface area contributed by atoms with Crippen LogP contribution in [0.5, 0.6) is 0 Å². The highest BCUT2D eigenvalue weighted by Crippen LogP contribution is 2.45. The minimum Gasteiger partial charge on any atom is -0.478 e. The highest BCUT2D eigenvalue weighted by Gasteiger charge is 2.62. The summed E-state index contributed by atoms with van der Waals surface area (Å²) in [6, 6.07) is 20.2. The molecule has 4 aromatic carbocycles. The van der Waals surface area contributed by atoms with Crippen LogP contribution in [0.25, 0.3) is 5.69 Å². The van der Waals surface area contributed by atoms with Crippen molar-refractivity contribution in [2.45, 2.75) is 29.4 Å². The lowest BCUT2D eigenvalue weighted by atomic mass is 9.96. The van der Waals surface area contributed by atoms with Crippen molar-refractivity contribution >= 4 is 74.5 Å². The van der Waals surface area contributed by atoms with E-state index in [0.29, 0.717) is 10.5 Å². The molecule has 292 valence electrons. The summed E-state index contributed by atoms with van der Waals surface area (Å²) in [6.45, 7) is 0. The molecule has 2 heterocycles. The van der Waals surface area contributed by atoms with Gasteiger partial charge in [0.2, 0.25) is 11.6 Å². The van der Waals surface area contributed by atoms with Gasteiger partial charge in [0.15, 0.2) is 0 Å². The van der Waals surface area contributed by atoms with Crippen molar-refractivity contribution in [3.05, 3.63) is 120 Å². The van der Waals surface area contributed by atoms with Gasteiger partial charge in [0.1, 0.15) is 12.4 Å². The van der Waals surface area contributed by atoms with Crippen molar-refractivity contribution in [3.8, 4) is 5.69 Å². The Morgan fingerprint density at radius 2 is 1.53 bits per heavy atom. The molecule has 2 atom stereocenters. The molecule has 7 N–H and O–H groups in total. The predicted octanol–water partition coefficient (Wildman–Crippen LogP) is 2.65. The third kappa shape index (κ3) is 8.33. The Labute approximate surface area is 326 Å². The Hall–Kier alpha value is -7.39. The topological polar surface area (TPSA) is 284 Å². The average Bonchev–Trinajstić information content (AvgIpc) is 3.80. The first kappa shape index (κ1) is 39.3. The van der Waals surface area contributed by atoms with Crippen LogP contribution in [0.15, 0.2) is 108 Å². The maximum absolute atomic E-state index is 13.5. The summed E-state index contributed by atoms with van der Waals surface area (Å²) in [5, 5.41) is 41.2. The van der Waals surface area contributed by atoms with Crippen LogP contribution in [0.1, 0.15) is 23.6 Å². The van der Waals surface area contributed by atoms with Crippen LogP contribution in [0.3, 0.4) is 0 Å². The first-order valence-corrected chi connectivity index (χ1v) is 18.3. The van der Waals surface area contributed by atoms with Crippen LogP contribution in [0, 0.1) is 0 Å². The van der Waals surface area contributed by atoms with Crippen molar-refractivity contribution in [3.63, 3.8) is 0 Å². The zero-order valence-corrected chi connectivity index (χ0v) is 30.6. The number of aromatic nitrogens is 4. The van der Waals surface area contributed by atoms with Gasteiger partial charge >= 0.3 is 29.9 Å². The van der Waals surface area contributed by atoms with Gasteiger partial charge in [-0.2, -0.15) is 4.68 Å². The molecule has 6 amide bonds. The van der Waals surface area contributed by atoms with E-state index in [9.17, 15) is 47.4 Å². The first-order valence-electron chi connectivity index (χ1n) is 16.5. The van der Waals surface area contributed by atoms with E-state index in [1.807, 2.05) is 4.72 Å². The van der Waals surface area contributed by atoms with Gasteiger partial charge in [0, 0.05) is 22.7 Å². The van der Waals surface area contributed by atoms with Crippen molar-refractivity contribution in [1.82, 2.24) is 35.6 Å². The summed E-state index contributed by atoms with van der Waals surface area (Å²) in [4.78, 5) is 78.8. The smallest absolute Gasteiger partial charge is 0.414 e. The molecule has 0 radical (unpaired) electrons. The number of benzene rings is 4. The van der Waals surface area contributed by atoms with Crippen LogP contribution >= 0.6 is 11.6 Å². The Bertz CT molecular complexity index is 2490. The lowest BCUT2D eigenvalue weighted by molar-refractivity contribution is -0.150. The van der Waals surface area contributed by atoms with Crippen molar-refractivity contribution in [2.24, 2.45) is 0 Å². The fourth-order valence-corrected chi connectivity index (χ4v) is 7.09. The highest BCUT2D eigenvalue weighted by molar-refractivity contribution is 7.90. The van der Waals surface area contributed by atoms with Crippen LogP contribution in [-0.4, -0.2) is 80.3 Å². The third-order valence-corrected chi connectivity index (χ3v) is 10.1. The molecule has 6 rings (SSSR count). The maximum atomic E-state index is 13.5. The van der Waals surface area contributed by atoms with E-state index in [1.54, 1.807) is 18.2 Å². The molecule has 1 aliphatic rings. The standard InChI is InChI=1S/C35H29ClN10O10S/c36-21-13-16-27(45-19-37-43-44-45)25(18-21)39-30(48)31(49)41-35(32(50)51)29(24-8-4-5-9-26(24)46(35)34(53)54)40-28(47)17-12-20-10-14-22(15-11-20)38-33(52)42-57(55,56)23-6-2-1-3-7-23/h1-11,13-16,18-19,29H,12,17H2,(H,39,48)(H,40,47)(H,41,49)(H,50,51)(H,53,54)(H2,38,42,52). The van der Waals surface area contributed by atoms with Gasteiger partial charge in [0.25, 0.3) is 10.0 Å². The number of rotatable bonds is 11.